The zero-order valence-electron chi connectivity index (χ0n) is 17.2. The van der Waals surface area contributed by atoms with Crippen LogP contribution in [0.3, 0.4) is 0 Å². The van der Waals surface area contributed by atoms with Gasteiger partial charge in [-0.1, -0.05) is 24.3 Å². The summed E-state index contributed by atoms with van der Waals surface area (Å²) in [6.45, 7) is 2.14. The van der Waals surface area contributed by atoms with Crippen LogP contribution < -0.4 is 24.8 Å². The van der Waals surface area contributed by atoms with Gasteiger partial charge in [0, 0.05) is 18.3 Å². The molecule has 160 valence electrons. The molecule has 31 heavy (non-hydrogen) atoms. The number of rotatable bonds is 10. The van der Waals surface area contributed by atoms with Crippen LogP contribution in [0.5, 0.6) is 23.0 Å². The van der Waals surface area contributed by atoms with Crippen LogP contribution in [-0.2, 0) is 9.59 Å². The molecule has 7 nitrogen and oxygen atoms in total. The standard InChI is InChI=1S/C24H24N2O5/c1-2-25-23(27)16-30-22-10-6-7-18(15-22)26-24(28)17-29-19-11-13-21(14-12-19)31-20-8-4-3-5-9-20/h3-15H,2,16-17H2,1H3,(H,25,27)(H,26,28). The third-order valence-corrected chi connectivity index (χ3v) is 4.03. The lowest BCUT2D eigenvalue weighted by Crippen LogP contribution is -2.28. The number of carbonyl (C=O) groups excluding carboxylic acids is 2. The molecule has 3 aromatic rings. The highest BCUT2D eigenvalue weighted by molar-refractivity contribution is 5.92. The maximum atomic E-state index is 12.2. The number of nitrogens with one attached hydrogen (secondary N) is 2. The van der Waals surface area contributed by atoms with Crippen LogP contribution in [0.2, 0.25) is 0 Å². The Morgan fingerprint density at radius 2 is 1.32 bits per heavy atom. The van der Waals surface area contributed by atoms with Crippen molar-refractivity contribution in [2.24, 2.45) is 0 Å². The van der Waals surface area contributed by atoms with Crippen molar-refractivity contribution < 1.29 is 23.8 Å². The molecule has 0 bridgehead atoms. The van der Waals surface area contributed by atoms with Gasteiger partial charge in [-0.05, 0) is 55.5 Å². The SMILES string of the molecule is CCNC(=O)COc1cccc(NC(=O)COc2ccc(Oc3ccccc3)cc2)c1. The van der Waals surface area contributed by atoms with E-state index in [0.29, 0.717) is 29.5 Å². The minimum Gasteiger partial charge on any atom is -0.484 e. The minimum atomic E-state index is -0.314. The third kappa shape index (κ3) is 7.40. The summed E-state index contributed by atoms with van der Waals surface area (Å²) in [6.07, 6.45) is 0. The number of ether oxygens (including phenoxy) is 3. The molecule has 0 saturated heterocycles. The van der Waals surface area contributed by atoms with Crippen LogP contribution in [0.25, 0.3) is 0 Å². The number of para-hydroxylation sites is 1. The van der Waals surface area contributed by atoms with Crippen molar-refractivity contribution in [1.82, 2.24) is 5.32 Å². The Hall–Kier alpha value is -4.00. The summed E-state index contributed by atoms with van der Waals surface area (Å²) in [5.41, 5.74) is 0.550. The van der Waals surface area contributed by atoms with Crippen molar-refractivity contribution in [2.45, 2.75) is 6.92 Å². The van der Waals surface area contributed by atoms with Crippen molar-refractivity contribution in [1.29, 1.82) is 0 Å². The highest BCUT2D eigenvalue weighted by Gasteiger charge is 2.07. The van der Waals surface area contributed by atoms with Gasteiger partial charge in [-0.2, -0.15) is 0 Å². The van der Waals surface area contributed by atoms with E-state index in [9.17, 15) is 9.59 Å². The summed E-state index contributed by atoms with van der Waals surface area (Å²) >= 11 is 0. The van der Waals surface area contributed by atoms with E-state index >= 15 is 0 Å². The lowest BCUT2D eigenvalue weighted by atomic mass is 10.3. The number of hydrogen-bond acceptors (Lipinski definition) is 5. The molecule has 0 aliphatic carbocycles. The Morgan fingerprint density at radius 3 is 2.06 bits per heavy atom. The molecule has 2 amide bonds. The molecule has 0 aliphatic heterocycles. The van der Waals surface area contributed by atoms with E-state index in [2.05, 4.69) is 10.6 Å². The van der Waals surface area contributed by atoms with Crippen molar-refractivity contribution >= 4 is 17.5 Å². The second-order valence-electron chi connectivity index (χ2n) is 6.49. The second-order valence-corrected chi connectivity index (χ2v) is 6.49. The van der Waals surface area contributed by atoms with E-state index in [4.69, 9.17) is 14.2 Å². The molecule has 0 heterocycles. The molecule has 2 N–H and O–H groups in total. The fraction of sp³-hybridized carbons (Fsp3) is 0.167. The molecular weight excluding hydrogens is 396 g/mol. The van der Waals surface area contributed by atoms with Gasteiger partial charge in [0.2, 0.25) is 0 Å². The van der Waals surface area contributed by atoms with Gasteiger partial charge in [0.25, 0.3) is 11.8 Å². The van der Waals surface area contributed by atoms with Gasteiger partial charge in [-0.15, -0.1) is 0 Å². The van der Waals surface area contributed by atoms with Crippen LogP contribution >= 0.6 is 0 Å². The van der Waals surface area contributed by atoms with Gasteiger partial charge in [-0.25, -0.2) is 0 Å². The maximum absolute atomic E-state index is 12.2. The zero-order chi connectivity index (χ0) is 21.9. The van der Waals surface area contributed by atoms with Crippen molar-refractivity contribution in [2.75, 3.05) is 25.1 Å². The van der Waals surface area contributed by atoms with E-state index in [-0.39, 0.29) is 25.0 Å². The molecule has 0 aliphatic rings. The third-order valence-electron chi connectivity index (χ3n) is 4.03. The summed E-state index contributed by atoms with van der Waals surface area (Å²) in [4.78, 5) is 23.7. The Morgan fingerprint density at radius 1 is 0.710 bits per heavy atom. The van der Waals surface area contributed by atoms with E-state index < -0.39 is 0 Å². The first kappa shape index (κ1) is 21.7. The number of amides is 2. The van der Waals surface area contributed by atoms with Crippen LogP contribution in [0.15, 0.2) is 78.9 Å². The van der Waals surface area contributed by atoms with Crippen LogP contribution in [0.1, 0.15) is 6.92 Å². The lowest BCUT2D eigenvalue weighted by molar-refractivity contribution is -0.123. The summed E-state index contributed by atoms with van der Waals surface area (Å²) in [6, 6.07) is 23.3. The number of likely N-dealkylation sites (N-methyl/N-ethyl adjacent to an activating group) is 1. The Bertz CT molecular complexity index is 990. The Labute approximate surface area is 180 Å². The Balaban J connectivity index is 1.45. The normalized spacial score (nSPS) is 10.1. The summed E-state index contributed by atoms with van der Waals surface area (Å²) in [5, 5.41) is 5.39. The predicted molar refractivity (Wildman–Crippen MR) is 118 cm³/mol. The molecule has 3 rings (SSSR count). The quantitative estimate of drug-likeness (QED) is 0.518. The molecule has 0 spiro atoms. The maximum Gasteiger partial charge on any atom is 0.262 e. The molecule has 0 radical (unpaired) electrons. The first-order valence-electron chi connectivity index (χ1n) is 9.87. The molecule has 7 heteroatoms. The van der Waals surface area contributed by atoms with Crippen molar-refractivity contribution in [3.05, 3.63) is 78.9 Å². The smallest absolute Gasteiger partial charge is 0.262 e. The summed E-state index contributed by atoms with van der Waals surface area (Å²) in [5.74, 6) is 1.93. The van der Waals surface area contributed by atoms with E-state index in [1.807, 2.05) is 37.3 Å². The molecule has 0 aromatic heterocycles. The summed E-state index contributed by atoms with van der Waals surface area (Å²) in [7, 11) is 0. The topological polar surface area (TPSA) is 85.9 Å². The Kier molecular flexibility index (Phi) is 7.88. The number of carbonyl (C=O) groups is 2. The van der Waals surface area contributed by atoms with Gasteiger partial charge in [0.15, 0.2) is 13.2 Å². The van der Waals surface area contributed by atoms with Gasteiger partial charge in [-0.3, -0.25) is 9.59 Å². The van der Waals surface area contributed by atoms with Crippen molar-refractivity contribution in [3.8, 4) is 23.0 Å². The number of benzene rings is 3. The molecule has 0 atom stereocenters. The fourth-order valence-corrected chi connectivity index (χ4v) is 2.64. The average molecular weight is 420 g/mol. The number of anilines is 1. The largest absolute Gasteiger partial charge is 0.484 e. The molecule has 0 fully saturated rings. The first-order valence-corrected chi connectivity index (χ1v) is 9.87. The zero-order valence-corrected chi connectivity index (χ0v) is 17.2. The average Bonchev–Trinajstić information content (AvgIpc) is 2.78. The van der Waals surface area contributed by atoms with Crippen LogP contribution in [-0.4, -0.2) is 31.6 Å². The van der Waals surface area contributed by atoms with Crippen LogP contribution in [0, 0.1) is 0 Å². The molecular formula is C24H24N2O5. The first-order chi connectivity index (χ1) is 15.1. The van der Waals surface area contributed by atoms with Crippen LogP contribution in [0.4, 0.5) is 5.69 Å². The second kappa shape index (κ2) is 11.3. The van der Waals surface area contributed by atoms with Crippen molar-refractivity contribution in [3.63, 3.8) is 0 Å². The minimum absolute atomic E-state index is 0.0850. The van der Waals surface area contributed by atoms with Gasteiger partial charge >= 0.3 is 0 Å². The summed E-state index contributed by atoms with van der Waals surface area (Å²) < 4.78 is 16.7. The molecule has 0 saturated carbocycles. The van der Waals surface area contributed by atoms with E-state index in [1.165, 1.54) is 0 Å². The number of hydrogen-bond donors (Lipinski definition) is 2. The van der Waals surface area contributed by atoms with E-state index in [0.717, 1.165) is 5.75 Å². The molecule has 0 unspecified atom stereocenters. The van der Waals surface area contributed by atoms with Gasteiger partial charge in [0.05, 0.1) is 0 Å². The predicted octanol–water partition coefficient (Wildman–Crippen LogP) is 4.01. The highest BCUT2D eigenvalue weighted by Crippen LogP contribution is 2.23. The highest BCUT2D eigenvalue weighted by atomic mass is 16.5. The van der Waals surface area contributed by atoms with E-state index in [1.54, 1.807) is 48.5 Å². The van der Waals surface area contributed by atoms with Gasteiger partial charge in [0.1, 0.15) is 23.0 Å². The fourth-order valence-electron chi connectivity index (χ4n) is 2.64. The lowest BCUT2D eigenvalue weighted by Gasteiger charge is -2.10. The van der Waals surface area contributed by atoms with Gasteiger partial charge < -0.3 is 24.8 Å². The molecule has 3 aromatic carbocycles. The monoisotopic (exact) mass is 420 g/mol.